The largest absolute Gasteiger partial charge is 0.383 e. The molecule has 0 saturated carbocycles. The van der Waals surface area contributed by atoms with Crippen LogP contribution in [0.1, 0.15) is 24.8 Å². The SMILES string of the molecule is COCC(C)NC(=O)CN[C@@H](C)c1cccs1. The molecule has 0 spiro atoms. The van der Waals surface area contributed by atoms with Gasteiger partial charge in [0.05, 0.1) is 13.2 Å². The summed E-state index contributed by atoms with van der Waals surface area (Å²) >= 11 is 1.69. The highest BCUT2D eigenvalue weighted by Crippen LogP contribution is 2.17. The van der Waals surface area contributed by atoms with Crippen molar-refractivity contribution in [1.82, 2.24) is 10.6 Å². The normalized spacial score (nSPS) is 14.3. The van der Waals surface area contributed by atoms with Gasteiger partial charge in [-0.25, -0.2) is 0 Å². The zero-order valence-electron chi connectivity index (χ0n) is 10.5. The second-order valence-electron chi connectivity index (χ2n) is 4.04. The quantitative estimate of drug-likeness (QED) is 0.778. The molecule has 0 aromatic carbocycles. The van der Waals surface area contributed by atoms with Crippen LogP contribution >= 0.6 is 11.3 Å². The number of carbonyl (C=O) groups excluding carboxylic acids is 1. The highest BCUT2D eigenvalue weighted by atomic mass is 32.1. The van der Waals surface area contributed by atoms with Gasteiger partial charge in [-0.2, -0.15) is 0 Å². The van der Waals surface area contributed by atoms with Gasteiger partial charge in [0.2, 0.25) is 5.91 Å². The van der Waals surface area contributed by atoms with Crippen LogP contribution in [-0.2, 0) is 9.53 Å². The predicted molar refractivity (Wildman–Crippen MR) is 70.2 cm³/mol. The Hall–Kier alpha value is -0.910. The Morgan fingerprint density at radius 1 is 1.53 bits per heavy atom. The van der Waals surface area contributed by atoms with Crippen molar-refractivity contribution in [3.05, 3.63) is 22.4 Å². The lowest BCUT2D eigenvalue weighted by Crippen LogP contribution is -2.41. The molecule has 5 heteroatoms. The van der Waals surface area contributed by atoms with Gasteiger partial charge in [-0.05, 0) is 25.3 Å². The van der Waals surface area contributed by atoms with E-state index in [0.29, 0.717) is 13.2 Å². The van der Waals surface area contributed by atoms with Crippen molar-refractivity contribution in [3.63, 3.8) is 0 Å². The molecule has 0 bridgehead atoms. The van der Waals surface area contributed by atoms with E-state index in [1.807, 2.05) is 18.4 Å². The molecule has 1 amide bonds. The summed E-state index contributed by atoms with van der Waals surface area (Å²) in [4.78, 5) is 12.8. The Balaban J connectivity index is 2.24. The fourth-order valence-electron chi connectivity index (χ4n) is 1.50. The summed E-state index contributed by atoms with van der Waals surface area (Å²) in [5, 5.41) is 8.08. The zero-order valence-corrected chi connectivity index (χ0v) is 11.3. The van der Waals surface area contributed by atoms with Crippen LogP contribution in [0.15, 0.2) is 17.5 Å². The number of thiophene rings is 1. The molecule has 2 atom stereocenters. The summed E-state index contributed by atoms with van der Waals surface area (Å²) in [6, 6.07) is 4.33. The molecule has 1 aromatic rings. The van der Waals surface area contributed by atoms with Crippen LogP contribution in [0.25, 0.3) is 0 Å². The molecule has 1 heterocycles. The fourth-order valence-corrected chi connectivity index (χ4v) is 2.26. The lowest BCUT2D eigenvalue weighted by molar-refractivity contribution is -0.121. The van der Waals surface area contributed by atoms with E-state index in [1.54, 1.807) is 18.4 Å². The molecule has 0 fully saturated rings. The monoisotopic (exact) mass is 256 g/mol. The van der Waals surface area contributed by atoms with E-state index in [1.165, 1.54) is 4.88 Å². The van der Waals surface area contributed by atoms with Crippen LogP contribution in [0.5, 0.6) is 0 Å². The minimum atomic E-state index is -0.00189. The van der Waals surface area contributed by atoms with Gasteiger partial charge in [0, 0.05) is 24.1 Å². The molecular weight excluding hydrogens is 236 g/mol. The van der Waals surface area contributed by atoms with Gasteiger partial charge >= 0.3 is 0 Å². The third kappa shape index (κ3) is 5.30. The Morgan fingerprint density at radius 3 is 2.88 bits per heavy atom. The van der Waals surface area contributed by atoms with Crippen molar-refractivity contribution < 1.29 is 9.53 Å². The third-order valence-corrected chi connectivity index (χ3v) is 3.42. The van der Waals surface area contributed by atoms with E-state index in [9.17, 15) is 4.79 Å². The topological polar surface area (TPSA) is 50.4 Å². The molecule has 0 radical (unpaired) electrons. The standard InChI is InChI=1S/C12H20N2O2S/c1-9(8-16-3)14-12(15)7-13-10(2)11-5-4-6-17-11/h4-6,9-10,13H,7-8H2,1-3H3,(H,14,15)/t9?,10-/m0/s1. The van der Waals surface area contributed by atoms with Crippen LogP contribution in [0.2, 0.25) is 0 Å². The van der Waals surface area contributed by atoms with E-state index >= 15 is 0 Å². The van der Waals surface area contributed by atoms with Crippen molar-refractivity contribution >= 4 is 17.2 Å². The Bertz CT molecular complexity index is 327. The molecule has 96 valence electrons. The number of amides is 1. The smallest absolute Gasteiger partial charge is 0.234 e. The van der Waals surface area contributed by atoms with Gasteiger partial charge in [0.25, 0.3) is 0 Å². The number of nitrogens with one attached hydrogen (secondary N) is 2. The number of hydrogen-bond acceptors (Lipinski definition) is 4. The van der Waals surface area contributed by atoms with Crippen molar-refractivity contribution in [2.45, 2.75) is 25.9 Å². The van der Waals surface area contributed by atoms with Crippen molar-refractivity contribution in [1.29, 1.82) is 0 Å². The van der Waals surface area contributed by atoms with Crippen molar-refractivity contribution in [2.75, 3.05) is 20.3 Å². The number of ether oxygens (including phenoxy) is 1. The highest BCUT2D eigenvalue weighted by Gasteiger charge is 2.10. The average Bonchev–Trinajstić information content (AvgIpc) is 2.79. The lowest BCUT2D eigenvalue weighted by atomic mass is 10.2. The van der Waals surface area contributed by atoms with Gasteiger partial charge in [-0.15, -0.1) is 11.3 Å². The summed E-state index contributed by atoms with van der Waals surface area (Å²) in [6.45, 7) is 4.83. The number of hydrogen-bond donors (Lipinski definition) is 2. The summed E-state index contributed by atoms with van der Waals surface area (Å²) in [7, 11) is 1.62. The van der Waals surface area contributed by atoms with Gasteiger partial charge in [0.15, 0.2) is 0 Å². The molecule has 1 rings (SSSR count). The van der Waals surface area contributed by atoms with Crippen molar-refractivity contribution in [2.24, 2.45) is 0 Å². The van der Waals surface area contributed by atoms with Gasteiger partial charge in [-0.1, -0.05) is 6.07 Å². The summed E-state index contributed by atoms with van der Waals surface area (Å²) in [5.74, 6) is -0.00189. The number of rotatable bonds is 7. The minimum Gasteiger partial charge on any atom is -0.383 e. The zero-order chi connectivity index (χ0) is 12.7. The molecule has 17 heavy (non-hydrogen) atoms. The van der Waals surface area contributed by atoms with Gasteiger partial charge in [0.1, 0.15) is 0 Å². The molecule has 0 aliphatic carbocycles. The second kappa shape index (κ2) is 7.42. The minimum absolute atomic E-state index is 0.00189. The highest BCUT2D eigenvalue weighted by molar-refractivity contribution is 7.10. The first-order valence-electron chi connectivity index (χ1n) is 5.68. The second-order valence-corrected chi connectivity index (χ2v) is 5.02. The summed E-state index contributed by atoms with van der Waals surface area (Å²) in [5.41, 5.74) is 0. The molecule has 2 N–H and O–H groups in total. The summed E-state index contributed by atoms with van der Waals surface area (Å²) in [6.07, 6.45) is 0. The molecule has 0 aliphatic heterocycles. The van der Waals surface area contributed by atoms with Crippen LogP contribution in [0, 0.1) is 0 Å². The third-order valence-electron chi connectivity index (χ3n) is 2.36. The maximum absolute atomic E-state index is 11.6. The summed E-state index contributed by atoms with van der Waals surface area (Å²) < 4.78 is 4.96. The molecule has 0 aliphatic rings. The molecular formula is C12H20N2O2S. The van der Waals surface area contributed by atoms with E-state index in [4.69, 9.17) is 4.74 Å². The first-order valence-corrected chi connectivity index (χ1v) is 6.56. The maximum Gasteiger partial charge on any atom is 0.234 e. The van der Waals surface area contributed by atoms with Crippen LogP contribution < -0.4 is 10.6 Å². The van der Waals surface area contributed by atoms with Crippen molar-refractivity contribution in [3.8, 4) is 0 Å². The van der Waals surface area contributed by atoms with E-state index in [2.05, 4.69) is 23.6 Å². The first-order chi connectivity index (χ1) is 8.13. The molecule has 1 aromatic heterocycles. The van der Waals surface area contributed by atoms with Crippen LogP contribution in [-0.4, -0.2) is 32.2 Å². The molecule has 0 saturated heterocycles. The Labute approximate surface area is 106 Å². The number of methoxy groups -OCH3 is 1. The Kier molecular flexibility index (Phi) is 6.18. The maximum atomic E-state index is 11.6. The van der Waals surface area contributed by atoms with E-state index in [-0.39, 0.29) is 18.0 Å². The van der Waals surface area contributed by atoms with Crippen LogP contribution in [0.4, 0.5) is 0 Å². The predicted octanol–water partition coefficient (Wildman–Crippen LogP) is 1.55. The lowest BCUT2D eigenvalue weighted by Gasteiger charge is -2.15. The molecule has 4 nitrogen and oxygen atoms in total. The Morgan fingerprint density at radius 2 is 2.29 bits per heavy atom. The fraction of sp³-hybridized carbons (Fsp3) is 0.583. The van der Waals surface area contributed by atoms with Gasteiger partial charge < -0.3 is 15.4 Å². The average molecular weight is 256 g/mol. The number of carbonyl (C=O) groups is 1. The van der Waals surface area contributed by atoms with Gasteiger partial charge in [-0.3, -0.25) is 4.79 Å². The first kappa shape index (κ1) is 14.2. The molecule has 1 unspecified atom stereocenters. The van der Waals surface area contributed by atoms with Crippen LogP contribution in [0.3, 0.4) is 0 Å². The van der Waals surface area contributed by atoms with E-state index < -0.39 is 0 Å². The van der Waals surface area contributed by atoms with E-state index in [0.717, 1.165) is 0 Å².